The molecular formula is C15H16BrN3O2S2. The van der Waals surface area contributed by atoms with Crippen molar-refractivity contribution >= 4 is 56.5 Å². The van der Waals surface area contributed by atoms with Gasteiger partial charge in [0, 0.05) is 22.6 Å². The number of para-hydroxylation sites is 1. The first-order valence-electron chi connectivity index (χ1n) is 6.79. The molecule has 2 rings (SSSR count). The molecule has 0 saturated heterocycles. The van der Waals surface area contributed by atoms with Gasteiger partial charge in [0.25, 0.3) is 0 Å². The highest BCUT2D eigenvalue weighted by Gasteiger charge is 2.14. The quantitative estimate of drug-likeness (QED) is 0.736. The highest BCUT2D eigenvalue weighted by atomic mass is 79.9. The van der Waals surface area contributed by atoms with Crippen LogP contribution in [-0.2, 0) is 9.59 Å². The van der Waals surface area contributed by atoms with E-state index in [4.69, 9.17) is 0 Å². The van der Waals surface area contributed by atoms with Crippen LogP contribution in [0.5, 0.6) is 0 Å². The number of benzene rings is 1. The largest absolute Gasteiger partial charge is 0.336 e. The summed E-state index contributed by atoms with van der Waals surface area (Å²) >= 11 is 6.27. The first kappa shape index (κ1) is 18.0. The maximum absolute atomic E-state index is 12.1. The second-order valence-corrected chi connectivity index (χ2v) is 7.76. The van der Waals surface area contributed by atoms with Gasteiger partial charge < -0.3 is 10.2 Å². The van der Waals surface area contributed by atoms with Crippen molar-refractivity contribution in [1.29, 1.82) is 0 Å². The molecule has 0 fully saturated rings. The fourth-order valence-electron chi connectivity index (χ4n) is 1.69. The molecule has 122 valence electrons. The molecule has 23 heavy (non-hydrogen) atoms. The monoisotopic (exact) mass is 413 g/mol. The summed E-state index contributed by atoms with van der Waals surface area (Å²) in [5, 5.41) is 4.72. The van der Waals surface area contributed by atoms with Gasteiger partial charge in [-0.1, -0.05) is 23.9 Å². The number of hydrogen-bond acceptors (Lipinski definition) is 5. The minimum absolute atomic E-state index is 0.0115. The third-order valence-electron chi connectivity index (χ3n) is 2.87. The van der Waals surface area contributed by atoms with Gasteiger partial charge in [-0.2, -0.15) is 0 Å². The lowest BCUT2D eigenvalue weighted by Crippen LogP contribution is -2.36. The Bertz CT molecular complexity index is 706. The zero-order valence-electron chi connectivity index (χ0n) is 12.7. The number of aryl methyl sites for hydroxylation is 1. The molecule has 2 aromatic rings. The van der Waals surface area contributed by atoms with E-state index in [1.165, 1.54) is 28.0 Å². The Labute approximate surface area is 151 Å². The van der Waals surface area contributed by atoms with Crippen molar-refractivity contribution in [1.82, 2.24) is 9.88 Å². The number of nitrogens with one attached hydrogen (secondary N) is 1. The molecule has 0 radical (unpaired) electrons. The fraction of sp³-hybridized carbons (Fsp3) is 0.267. The van der Waals surface area contributed by atoms with Crippen molar-refractivity contribution in [2.75, 3.05) is 24.7 Å². The van der Waals surface area contributed by atoms with Gasteiger partial charge in [0.2, 0.25) is 11.8 Å². The average molecular weight is 414 g/mol. The van der Waals surface area contributed by atoms with Crippen LogP contribution in [0.4, 0.5) is 5.69 Å². The number of nitrogens with zero attached hydrogens (tertiary/aromatic N) is 2. The van der Waals surface area contributed by atoms with Crippen molar-refractivity contribution < 1.29 is 9.59 Å². The summed E-state index contributed by atoms with van der Waals surface area (Å²) in [5.74, 6) is -0.0702. The van der Waals surface area contributed by atoms with Gasteiger partial charge >= 0.3 is 0 Å². The number of rotatable bonds is 6. The van der Waals surface area contributed by atoms with Gasteiger partial charge in [-0.05, 0) is 35.0 Å². The second-order valence-electron chi connectivity index (χ2n) is 4.82. The highest BCUT2D eigenvalue weighted by Crippen LogP contribution is 2.23. The van der Waals surface area contributed by atoms with E-state index >= 15 is 0 Å². The summed E-state index contributed by atoms with van der Waals surface area (Å²) in [4.78, 5) is 29.8. The Hall–Kier alpha value is -1.38. The van der Waals surface area contributed by atoms with E-state index in [0.29, 0.717) is 5.69 Å². The molecule has 8 heteroatoms. The van der Waals surface area contributed by atoms with Crippen LogP contribution >= 0.6 is 39.0 Å². The Morgan fingerprint density at radius 1 is 1.39 bits per heavy atom. The van der Waals surface area contributed by atoms with E-state index in [1.807, 2.05) is 30.5 Å². The smallest absolute Gasteiger partial charge is 0.244 e. The molecule has 1 aromatic carbocycles. The van der Waals surface area contributed by atoms with Crippen LogP contribution in [0.1, 0.15) is 5.69 Å². The lowest BCUT2D eigenvalue weighted by Gasteiger charge is -2.16. The average Bonchev–Trinajstić information content (AvgIpc) is 2.92. The van der Waals surface area contributed by atoms with Crippen molar-refractivity contribution in [2.45, 2.75) is 11.3 Å². The van der Waals surface area contributed by atoms with E-state index in [0.717, 1.165) is 14.5 Å². The standard InChI is InChI=1S/C15H16BrN3O2S2/c1-10-8-22-15(17-10)23-9-14(21)19(2)7-13(20)18-12-6-4-3-5-11(12)16/h3-6,8H,7,9H2,1-2H3,(H,18,20). The SMILES string of the molecule is Cc1csc(SCC(=O)N(C)CC(=O)Nc2ccccc2Br)n1. The molecule has 0 bridgehead atoms. The molecular weight excluding hydrogens is 398 g/mol. The normalized spacial score (nSPS) is 10.4. The molecule has 0 spiro atoms. The van der Waals surface area contributed by atoms with Crippen LogP contribution in [0.25, 0.3) is 0 Å². The van der Waals surface area contributed by atoms with E-state index in [2.05, 4.69) is 26.2 Å². The number of thiazole rings is 1. The van der Waals surface area contributed by atoms with Crippen LogP contribution in [0.3, 0.4) is 0 Å². The fourth-order valence-corrected chi connectivity index (χ4v) is 3.86. The number of halogens is 1. The van der Waals surface area contributed by atoms with Crippen molar-refractivity contribution in [2.24, 2.45) is 0 Å². The first-order valence-corrected chi connectivity index (χ1v) is 9.45. The van der Waals surface area contributed by atoms with Crippen LogP contribution in [0, 0.1) is 6.92 Å². The first-order chi connectivity index (χ1) is 11.0. The molecule has 1 N–H and O–H groups in total. The van der Waals surface area contributed by atoms with Gasteiger partial charge in [0.1, 0.15) is 0 Å². The maximum atomic E-state index is 12.1. The molecule has 0 unspecified atom stereocenters. The molecule has 0 atom stereocenters. The zero-order valence-corrected chi connectivity index (χ0v) is 15.9. The second kappa shape index (κ2) is 8.47. The third kappa shape index (κ3) is 5.63. The number of aromatic nitrogens is 1. The third-order valence-corrected chi connectivity index (χ3v) is 5.69. The summed E-state index contributed by atoms with van der Waals surface area (Å²) in [6.07, 6.45) is 0. The number of carbonyl (C=O) groups excluding carboxylic acids is 2. The highest BCUT2D eigenvalue weighted by molar-refractivity contribution is 9.10. The molecule has 0 aliphatic rings. The zero-order chi connectivity index (χ0) is 16.8. The molecule has 1 heterocycles. The molecule has 1 aromatic heterocycles. The van der Waals surface area contributed by atoms with Crippen molar-refractivity contribution in [3.8, 4) is 0 Å². The van der Waals surface area contributed by atoms with Crippen LogP contribution in [0.2, 0.25) is 0 Å². The minimum Gasteiger partial charge on any atom is -0.336 e. The van der Waals surface area contributed by atoms with Crippen LogP contribution in [0.15, 0.2) is 38.5 Å². The van der Waals surface area contributed by atoms with E-state index in [1.54, 1.807) is 13.1 Å². The predicted molar refractivity (Wildman–Crippen MR) is 98.0 cm³/mol. The van der Waals surface area contributed by atoms with Crippen molar-refractivity contribution in [3.05, 3.63) is 39.8 Å². The lowest BCUT2D eigenvalue weighted by atomic mass is 10.3. The van der Waals surface area contributed by atoms with Gasteiger partial charge in [-0.15, -0.1) is 11.3 Å². The number of amides is 2. The molecule has 0 saturated carbocycles. The van der Waals surface area contributed by atoms with Gasteiger partial charge in [0.05, 0.1) is 18.0 Å². The molecule has 5 nitrogen and oxygen atoms in total. The van der Waals surface area contributed by atoms with Gasteiger partial charge in [0.15, 0.2) is 4.34 Å². The van der Waals surface area contributed by atoms with E-state index in [-0.39, 0.29) is 24.1 Å². The van der Waals surface area contributed by atoms with Gasteiger partial charge in [-0.3, -0.25) is 9.59 Å². The van der Waals surface area contributed by atoms with Crippen LogP contribution in [-0.4, -0.2) is 41.0 Å². The summed E-state index contributed by atoms with van der Waals surface area (Å²) in [6, 6.07) is 7.34. The summed E-state index contributed by atoms with van der Waals surface area (Å²) < 4.78 is 1.67. The summed E-state index contributed by atoms with van der Waals surface area (Å²) in [5.41, 5.74) is 1.64. The Morgan fingerprint density at radius 2 is 2.13 bits per heavy atom. The Morgan fingerprint density at radius 3 is 2.78 bits per heavy atom. The molecule has 2 amide bonds. The van der Waals surface area contributed by atoms with Crippen molar-refractivity contribution in [3.63, 3.8) is 0 Å². The summed E-state index contributed by atoms with van der Waals surface area (Å²) in [6.45, 7) is 1.93. The molecule has 0 aliphatic carbocycles. The summed E-state index contributed by atoms with van der Waals surface area (Å²) in [7, 11) is 1.62. The maximum Gasteiger partial charge on any atom is 0.244 e. The number of anilines is 1. The van der Waals surface area contributed by atoms with Crippen LogP contribution < -0.4 is 5.32 Å². The number of carbonyl (C=O) groups is 2. The Balaban J connectivity index is 1.80. The molecule has 0 aliphatic heterocycles. The minimum atomic E-state index is -0.233. The number of thioether (sulfide) groups is 1. The van der Waals surface area contributed by atoms with Gasteiger partial charge in [-0.25, -0.2) is 4.98 Å². The lowest BCUT2D eigenvalue weighted by molar-refractivity contribution is -0.131. The van der Waals surface area contributed by atoms with E-state index < -0.39 is 0 Å². The van der Waals surface area contributed by atoms with E-state index in [9.17, 15) is 9.59 Å². The Kier molecular flexibility index (Phi) is 6.61. The topological polar surface area (TPSA) is 62.3 Å². The number of hydrogen-bond donors (Lipinski definition) is 1. The predicted octanol–water partition coefficient (Wildman–Crippen LogP) is 3.40. The number of likely N-dealkylation sites (N-methyl/N-ethyl adjacent to an activating group) is 1.